The number of aliphatic hydroxyl groups excluding tert-OH is 5. The van der Waals surface area contributed by atoms with Gasteiger partial charge in [0.25, 0.3) is 0 Å². The number of fused-ring (bicyclic) bond motifs is 15. The number of carboxylic acids is 1. The van der Waals surface area contributed by atoms with E-state index in [0.717, 1.165) is 71.8 Å². The molecule has 34 nitrogen and oxygen atoms in total. The van der Waals surface area contributed by atoms with E-state index < -0.39 is 225 Å². The number of rotatable bonds is 20. The van der Waals surface area contributed by atoms with E-state index >= 15 is 24.0 Å². The van der Waals surface area contributed by atoms with Crippen LogP contribution < -0.4 is 67.2 Å². The van der Waals surface area contributed by atoms with E-state index in [-0.39, 0.29) is 71.7 Å². The van der Waals surface area contributed by atoms with Gasteiger partial charge in [0.2, 0.25) is 53.4 Å². The van der Waals surface area contributed by atoms with Crippen molar-refractivity contribution in [3.63, 3.8) is 0 Å². The Bertz CT molecular complexity index is 5070. The largest absolute Gasteiger partial charge is 0.508 e. The van der Waals surface area contributed by atoms with Gasteiger partial charge in [-0.3, -0.25) is 33.6 Å². The summed E-state index contributed by atoms with van der Waals surface area (Å²) in [6, 6.07) is 12.0. The smallest absolute Gasteiger partial charge is 0.330 e. The third-order valence-electron chi connectivity index (χ3n) is 21.1. The van der Waals surface area contributed by atoms with Gasteiger partial charge in [-0.05, 0) is 160 Å². The van der Waals surface area contributed by atoms with Crippen molar-refractivity contribution in [2.75, 3.05) is 27.7 Å². The lowest BCUT2D eigenvalue weighted by atomic mass is 9.84. The van der Waals surface area contributed by atoms with Gasteiger partial charge in [-0.2, -0.15) is 0 Å². The number of nitrogens with one attached hydrogen (secondary N) is 8. The number of benzene rings is 7. The molecule has 120 heavy (non-hydrogen) atoms. The second-order valence-corrected chi connectivity index (χ2v) is 32.4. The van der Waals surface area contributed by atoms with Gasteiger partial charge < -0.3 is 132 Å². The summed E-state index contributed by atoms with van der Waals surface area (Å²) in [5.74, 6) is -15.2. The third kappa shape index (κ3) is 20.0. The van der Waals surface area contributed by atoms with Crippen LogP contribution in [0.5, 0.6) is 51.7 Å². The zero-order valence-electron chi connectivity index (χ0n) is 65.4. The highest BCUT2D eigenvalue weighted by Crippen LogP contribution is 2.50. The van der Waals surface area contributed by atoms with Crippen molar-refractivity contribution in [1.82, 2.24) is 47.4 Å². The van der Waals surface area contributed by atoms with Gasteiger partial charge in [-0.25, -0.2) is 4.79 Å². The number of aliphatic carboxylic acids is 1. The number of carboxylic acid groups (broad SMARTS) is 1. The first kappa shape index (κ1) is 88.9. The highest BCUT2D eigenvalue weighted by molar-refractivity contribution is 6.42. The number of halogens is 4. The first-order valence-corrected chi connectivity index (χ1v) is 39.5. The van der Waals surface area contributed by atoms with Crippen molar-refractivity contribution in [2.24, 2.45) is 11.7 Å². The Morgan fingerprint density at radius 1 is 0.658 bits per heavy atom. The monoisotopic (exact) mass is 1740 g/mol. The quantitative estimate of drug-likeness (QED) is 0.0454. The standard InChI is InChI=1S/C82H90Cl4N10O24/c1-34(2)20-50(88-5)74(106)94-65-67(101)39-12-18-54(48(85)23-39)116-56-25-41-26-57(71(56)120-81-72(70(104)69(103)58(118-81)32-96(6)7)119-60-30-82(4,73(105)35(3)115-60)89-31-36-8-14-43(15-9-36)114-33-37-10-16-46(83)47(84)21-37)117-55-19-13-40(24-49(55)86)68(102)66-79(111)93-64(80(112)113)45-27-42(97)28-53(99)61(45)44-22-38(11-17-52(44)98)62(76(108)95-66)92-77(109)63(41)91-75(107)51(29-59(87)100)90-78(65)110/h8-19,21-28,34-35,50-51,58,60,62-70,72-73,81,88-89,97-99,101-105H,20,29-33H2,1-7H3,(H2,87,100)(H,90,110)(H,91,107)(H,92,109)(H,93,111)(H,94,106)(H,95,108)(H,112,113)/t35?,50-,51+,58?,60?,62-,63-,64+,65-,66+,67-,68-,69?,70?,72?,73?,81?,82?/m1/s1. The van der Waals surface area contributed by atoms with Gasteiger partial charge in [0, 0.05) is 47.8 Å². The Morgan fingerprint density at radius 3 is 1.90 bits per heavy atom. The van der Waals surface area contributed by atoms with Crippen LogP contribution in [0, 0.1) is 5.92 Å². The SMILES string of the molecule is CN[C@H](CC(C)C)C(=O)N[C@H]1C(=O)N[C@@H](CC(N)=O)C(=O)N[C@H]2C(=O)N[C@H]3C(=O)N[C@H](C(=O)N[C@H](C(=O)O)c4cc(O)cc(O)c4-c4cc3ccc4O)[C@H](O)c3ccc(c(Cl)c3)Oc3cc2cc(c3OC2OC(CN(C)C)C(O)C(O)C2OC2CC(C)(NCc3ccc(OCc4ccc(Cl)c(Cl)c4)cc3)C(O)C(C)O2)Oc2ccc(cc2Cl)[C@H]1O. The number of hydrogen-bond donors (Lipinski definition) is 18. The van der Waals surface area contributed by atoms with E-state index in [0.29, 0.717) is 15.8 Å². The van der Waals surface area contributed by atoms with Gasteiger partial charge in [0.05, 0.1) is 44.8 Å². The summed E-state index contributed by atoms with van der Waals surface area (Å²) in [6.45, 7) is 7.23. The number of ether oxygens (including phenoxy) is 7. The zero-order chi connectivity index (χ0) is 86.8. The first-order chi connectivity index (χ1) is 56.8. The minimum atomic E-state index is -2.35. The molecule has 7 aliphatic rings. The van der Waals surface area contributed by atoms with Crippen LogP contribution in [-0.2, 0) is 65.7 Å². The Kier molecular flexibility index (Phi) is 27.6. The molecule has 38 heteroatoms. The molecular formula is C82H90Cl4N10O24. The van der Waals surface area contributed by atoms with Gasteiger partial charge >= 0.3 is 5.97 Å². The summed E-state index contributed by atoms with van der Waals surface area (Å²) in [5.41, 5.74) is 3.34. The van der Waals surface area contributed by atoms with Gasteiger partial charge in [0.1, 0.15) is 102 Å². The van der Waals surface area contributed by atoms with Crippen molar-refractivity contribution < 1.29 is 117 Å². The highest BCUT2D eigenvalue weighted by atomic mass is 35.5. The lowest BCUT2D eigenvalue weighted by Crippen LogP contribution is -2.65. The maximum atomic E-state index is 16.3. The molecule has 14 rings (SSSR count). The number of amides is 7. The molecule has 0 saturated carbocycles. The zero-order valence-corrected chi connectivity index (χ0v) is 68.4. The molecule has 19 N–H and O–H groups in total. The summed E-state index contributed by atoms with van der Waals surface area (Å²) < 4.78 is 46.4. The van der Waals surface area contributed by atoms with Crippen LogP contribution in [0.3, 0.4) is 0 Å². The topological polar surface area (TPSA) is 509 Å². The predicted molar refractivity (Wildman–Crippen MR) is 431 cm³/mol. The van der Waals surface area contributed by atoms with Crippen LogP contribution in [0.2, 0.25) is 20.1 Å². The maximum Gasteiger partial charge on any atom is 0.330 e. The van der Waals surface area contributed by atoms with Crippen molar-refractivity contribution in [1.29, 1.82) is 0 Å². The summed E-state index contributed by atoms with van der Waals surface area (Å²) in [5, 5.41) is 128. The van der Waals surface area contributed by atoms with E-state index in [2.05, 4.69) is 42.5 Å². The number of aromatic hydroxyl groups is 3. The number of likely N-dealkylation sites (N-methyl/N-ethyl adjacent to an activating group) is 2. The van der Waals surface area contributed by atoms with Crippen LogP contribution in [0.1, 0.15) is 116 Å². The molecule has 0 aromatic heterocycles. The molecule has 2 saturated heterocycles. The van der Waals surface area contributed by atoms with Crippen LogP contribution in [0.4, 0.5) is 0 Å². The number of aliphatic hydroxyl groups is 5. The Labute approximate surface area is 706 Å². The second kappa shape index (κ2) is 37.3. The molecule has 9 unspecified atom stereocenters. The van der Waals surface area contributed by atoms with Crippen molar-refractivity contribution in [3.8, 4) is 62.9 Å². The average Bonchev–Trinajstić information content (AvgIpc) is 0.785. The molecule has 7 aromatic rings. The Morgan fingerprint density at radius 2 is 1.28 bits per heavy atom. The predicted octanol–water partition coefficient (Wildman–Crippen LogP) is 5.39. The highest BCUT2D eigenvalue weighted by Gasteiger charge is 2.52. The van der Waals surface area contributed by atoms with Crippen LogP contribution in [-0.4, -0.2) is 205 Å². The Balaban J connectivity index is 1.03. The molecule has 0 spiro atoms. The van der Waals surface area contributed by atoms with Gasteiger partial charge in [0.15, 0.2) is 29.9 Å². The minimum absolute atomic E-state index is 0.104. The maximum absolute atomic E-state index is 16.3. The minimum Gasteiger partial charge on any atom is -0.508 e. The fraction of sp³-hybridized carbons (Fsp3) is 0.390. The first-order valence-electron chi connectivity index (χ1n) is 38.0. The second-order valence-electron chi connectivity index (χ2n) is 30.7. The molecule has 7 aliphatic heterocycles. The number of nitrogens with two attached hydrogens (primary N) is 1. The van der Waals surface area contributed by atoms with Gasteiger partial charge in [-0.1, -0.05) is 96.6 Å². The number of primary amides is 1. The number of carbonyl (C=O) groups is 8. The molecule has 0 aliphatic carbocycles. The summed E-state index contributed by atoms with van der Waals surface area (Å²) in [7, 11) is 4.78. The number of hydrogen-bond acceptors (Lipinski definition) is 26. The summed E-state index contributed by atoms with van der Waals surface area (Å²) in [4.78, 5) is 120. The van der Waals surface area contributed by atoms with Crippen molar-refractivity contribution in [3.05, 3.63) is 180 Å². The molecule has 7 amide bonds. The Hall–Kier alpha value is -10.4. The molecule has 640 valence electrons. The fourth-order valence-corrected chi connectivity index (χ4v) is 15.6. The number of phenols is 3. The van der Waals surface area contributed by atoms with Crippen LogP contribution >= 0.6 is 46.4 Å². The van der Waals surface area contributed by atoms with E-state index in [1.165, 1.54) is 25.2 Å². The number of nitrogens with zero attached hydrogens (tertiary/aromatic N) is 1. The van der Waals surface area contributed by atoms with E-state index in [4.69, 9.17) is 85.3 Å². The normalized spacial score (nSPS) is 26.6. The number of phenolic OH excluding ortho intramolecular Hbond substituents is 3. The van der Waals surface area contributed by atoms with E-state index in [1.807, 2.05) is 26.0 Å². The van der Waals surface area contributed by atoms with Crippen LogP contribution in [0.25, 0.3) is 11.1 Å². The van der Waals surface area contributed by atoms with Crippen LogP contribution in [0.15, 0.2) is 121 Å². The lowest BCUT2D eigenvalue weighted by molar-refractivity contribution is -0.333. The van der Waals surface area contributed by atoms with Gasteiger partial charge in [-0.15, -0.1) is 0 Å². The third-order valence-corrected chi connectivity index (χ3v) is 22.4. The summed E-state index contributed by atoms with van der Waals surface area (Å²) >= 11 is 26.8. The van der Waals surface area contributed by atoms with Crippen molar-refractivity contribution in [2.45, 2.75) is 169 Å². The lowest BCUT2D eigenvalue weighted by Gasteiger charge is -2.48. The molecule has 18 atom stereocenters. The molecule has 11 bridgehead atoms. The fourth-order valence-electron chi connectivity index (χ4n) is 14.8. The number of carbonyl (C=O) groups excluding carboxylic acids is 7. The molecule has 7 aromatic carbocycles. The molecule has 0 radical (unpaired) electrons. The summed E-state index contributed by atoms with van der Waals surface area (Å²) in [6.07, 6.45) is -17.8. The average molecular weight is 1740 g/mol. The van der Waals surface area contributed by atoms with E-state index in [1.54, 1.807) is 63.2 Å². The molecule has 7 heterocycles. The van der Waals surface area contributed by atoms with Crippen molar-refractivity contribution >= 4 is 93.7 Å². The molecular weight excluding hydrogens is 1650 g/mol. The molecule has 2 fully saturated rings. The van der Waals surface area contributed by atoms with E-state index in [9.17, 15) is 60.3 Å².